The van der Waals surface area contributed by atoms with Crippen LogP contribution in [0.3, 0.4) is 0 Å². The van der Waals surface area contributed by atoms with Crippen LogP contribution in [0.2, 0.25) is 0 Å². The van der Waals surface area contributed by atoms with Crippen molar-refractivity contribution in [1.29, 1.82) is 0 Å². The van der Waals surface area contributed by atoms with Crippen molar-refractivity contribution in [3.63, 3.8) is 0 Å². The van der Waals surface area contributed by atoms with E-state index < -0.39 is 0 Å². The third kappa shape index (κ3) is 2.80. The lowest BCUT2D eigenvalue weighted by Gasteiger charge is -2.41. The largest absolute Gasteiger partial charge is 0.370 e. The van der Waals surface area contributed by atoms with Crippen molar-refractivity contribution in [2.75, 3.05) is 18.8 Å². The lowest BCUT2D eigenvalue weighted by Crippen LogP contribution is -2.50. The van der Waals surface area contributed by atoms with Crippen molar-refractivity contribution in [2.24, 2.45) is 0 Å². The molecule has 9 heteroatoms. The summed E-state index contributed by atoms with van der Waals surface area (Å²) < 4.78 is 7.81. The topological polar surface area (TPSA) is 112 Å². The highest BCUT2D eigenvalue weighted by Crippen LogP contribution is 2.31. The van der Waals surface area contributed by atoms with Gasteiger partial charge in [0.05, 0.1) is 41.9 Å². The Balaban J connectivity index is 1.47. The summed E-state index contributed by atoms with van der Waals surface area (Å²) in [5.74, 6) is 0.0200. The number of aromatic nitrogens is 5. The van der Waals surface area contributed by atoms with E-state index in [-0.39, 0.29) is 24.0 Å². The molecule has 2 atom stereocenters. The fourth-order valence-corrected chi connectivity index (χ4v) is 3.90. The fraction of sp³-hybridized carbons (Fsp3) is 0.316. The van der Waals surface area contributed by atoms with E-state index in [1.807, 2.05) is 39.9 Å². The average molecular weight is 377 g/mol. The van der Waals surface area contributed by atoms with E-state index in [1.165, 1.54) is 6.20 Å². The van der Waals surface area contributed by atoms with Crippen molar-refractivity contribution in [3.05, 3.63) is 54.0 Å². The number of carbonyl (C=O) groups is 1. The van der Waals surface area contributed by atoms with Gasteiger partial charge in [0.25, 0.3) is 5.91 Å². The second-order valence-corrected chi connectivity index (χ2v) is 6.98. The zero-order valence-corrected chi connectivity index (χ0v) is 15.1. The Kier molecular flexibility index (Phi) is 4.01. The standard InChI is InChI=1S/C19H19N7O2/c20-19-21-9-14(17(23-19)12-4-2-1-3-5-12)18(27)25-7-6-16-15(10-25)26-13(11-28-16)8-22-24-26/h1-5,8-9,15-16H,6-7,10-11H2,(H2,20,21,23)/t15-,16+/m0/s1. The number of ether oxygens (including phenoxy) is 1. The van der Waals surface area contributed by atoms with Gasteiger partial charge in [-0.05, 0) is 6.42 Å². The molecule has 5 rings (SSSR count). The van der Waals surface area contributed by atoms with E-state index >= 15 is 0 Å². The number of piperidine rings is 1. The summed E-state index contributed by atoms with van der Waals surface area (Å²) in [5, 5.41) is 8.17. The van der Waals surface area contributed by atoms with Crippen LogP contribution in [0.5, 0.6) is 0 Å². The summed E-state index contributed by atoms with van der Waals surface area (Å²) in [4.78, 5) is 23.5. The number of nitrogens with zero attached hydrogens (tertiary/aromatic N) is 6. The van der Waals surface area contributed by atoms with Gasteiger partial charge in [0.2, 0.25) is 5.95 Å². The van der Waals surface area contributed by atoms with E-state index in [0.29, 0.717) is 31.0 Å². The molecule has 1 saturated heterocycles. The van der Waals surface area contributed by atoms with Gasteiger partial charge in [-0.2, -0.15) is 0 Å². The first-order valence-electron chi connectivity index (χ1n) is 9.18. The highest BCUT2D eigenvalue weighted by Gasteiger charge is 2.38. The number of rotatable bonds is 2. The Morgan fingerprint density at radius 3 is 2.93 bits per heavy atom. The third-order valence-corrected chi connectivity index (χ3v) is 5.30. The van der Waals surface area contributed by atoms with Gasteiger partial charge in [-0.3, -0.25) is 4.79 Å². The maximum Gasteiger partial charge on any atom is 0.257 e. The number of benzene rings is 1. The summed E-state index contributed by atoms with van der Waals surface area (Å²) >= 11 is 0. The molecule has 0 unspecified atom stereocenters. The summed E-state index contributed by atoms with van der Waals surface area (Å²) in [6, 6.07) is 9.48. The first kappa shape index (κ1) is 16.8. The number of fused-ring (bicyclic) bond motifs is 3. The first-order valence-corrected chi connectivity index (χ1v) is 9.18. The van der Waals surface area contributed by atoms with Gasteiger partial charge in [0.15, 0.2) is 0 Å². The SMILES string of the molecule is Nc1ncc(C(=O)N2CC[C@H]3OCc4cnnn4[C@H]3C2)c(-c2ccccc2)n1. The second kappa shape index (κ2) is 6.68. The molecule has 1 aromatic carbocycles. The van der Waals surface area contributed by atoms with Crippen LogP contribution in [0.25, 0.3) is 11.3 Å². The summed E-state index contributed by atoms with van der Waals surface area (Å²) in [7, 11) is 0. The van der Waals surface area contributed by atoms with Gasteiger partial charge in [-0.1, -0.05) is 35.5 Å². The number of likely N-dealkylation sites (tertiary alicyclic amines) is 1. The van der Waals surface area contributed by atoms with Crippen molar-refractivity contribution < 1.29 is 9.53 Å². The van der Waals surface area contributed by atoms with Crippen LogP contribution in [0.4, 0.5) is 5.95 Å². The monoisotopic (exact) mass is 377 g/mol. The number of hydrogen-bond acceptors (Lipinski definition) is 7. The highest BCUT2D eigenvalue weighted by molar-refractivity contribution is 5.99. The maximum atomic E-state index is 13.3. The van der Waals surface area contributed by atoms with Crippen LogP contribution in [-0.4, -0.2) is 55.0 Å². The molecular formula is C19H19N7O2. The minimum atomic E-state index is -0.121. The number of anilines is 1. The van der Waals surface area contributed by atoms with E-state index in [1.54, 1.807) is 6.20 Å². The van der Waals surface area contributed by atoms with Crippen LogP contribution < -0.4 is 5.73 Å². The second-order valence-electron chi connectivity index (χ2n) is 6.98. The molecule has 9 nitrogen and oxygen atoms in total. The molecule has 1 amide bonds. The van der Waals surface area contributed by atoms with Gasteiger partial charge >= 0.3 is 0 Å². The molecule has 0 saturated carbocycles. The number of nitrogens with two attached hydrogens (primary N) is 1. The Labute approximate surface area is 161 Å². The summed E-state index contributed by atoms with van der Waals surface area (Å²) in [6.07, 6.45) is 4.00. The minimum absolute atomic E-state index is 0.0366. The number of carbonyl (C=O) groups excluding carboxylic acids is 1. The molecule has 142 valence electrons. The van der Waals surface area contributed by atoms with E-state index in [2.05, 4.69) is 20.3 Å². The fourth-order valence-electron chi connectivity index (χ4n) is 3.90. The van der Waals surface area contributed by atoms with E-state index in [0.717, 1.165) is 17.7 Å². The minimum Gasteiger partial charge on any atom is -0.370 e. The lowest BCUT2D eigenvalue weighted by atomic mass is 9.99. The number of nitrogen functional groups attached to an aromatic ring is 1. The van der Waals surface area contributed by atoms with Gasteiger partial charge in [0, 0.05) is 24.8 Å². The third-order valence-electron chi connectivity index (χ3n) is 5.30. The van der Waals surface area contributed by atoms with Crippen molar-refractivity contribution in [3.8, 4) is 11.3 Å². The zero-order chi connectivity index (χ0) is 19.1. The molecule has 3 aromatic rings. The normalized spacial score (nSPS) is 21.1. The molecule has 4 heterocycles. The molecule has 2 N–H and O–H groups in total. The molecular weight excluding hydrogens is 358 g/mol. The van der Waals surface area contributed by atoms with Crippen LogP contribution in [0, 0.1) is 0 Å². The van der Waals surface area contributed by atoms with E-state index in [4.69, 9.17) is 10.5 Å². The molecule has 28 heavy (non-hydrogen) atoms. The molecule has 2 aliphatic rings. The van der Waals surface area contributed by atoms with Crippen LogP contribution in [0.1, 0.15) is 28.5 Å². The van der Waals surface area contributed by atoms with Crippen LogP contribution in [0.15, 0.2) is 42.7 Å². The van der Waals surface area contributed by atoms with Crippen molar-refractivity contribution >= 4 is 11.9 Å². The Hall–Kier alpha value is -3.33. The Bertz CT molecular complexity index is 1020. The average Bonchev–Trinajstić information content (AvgIpc) is 3.23. The van der Waals surface area contributed by atoms with Gasteiger partial charge < -0.3 is 15.4 Å². The molecule has 0 aliphatic carbocycles. The Morgan fingerprint density at radius 2 is 2.07 bits per heavy atom. The molecule has 1 fully saturated rings. The van der Waals surface area contributed by atoms with Gasteiger partial charge in [0.1, 0.15) is 0 Å². The van der Waals surface area contributed by atoms with Gasteiger partial charge in [-0.15, -0.1) is 5.10 Å². The smallest absolute Gasteiger partial charge is 0.257 e. The van der Waals surface area contributed by atoms with E-state index in [9.17, 15) is 4.79 Å². The van der Waals surface area contributed by atoms with Crippen LogP contribution >= 0.6 is 0 Å². The molecule has 2 aliphatic heterocycles. The predicted octanol–water partition coefficient (Wildman–Crippen LogP) is 1.30. The number of amides is 1. The highest BCUT2D eigenvalue weighted by atomic mass is 16.5. The molecule has 0 bridgehead atoms. The summed E-state index contributed by atoms with van der Waals surface area (Å²) in [5.41, 5.74) is 8.53. The maximum absolute atomic E-state index is 13.3. The Morgan fingerprint density at radius 1 is 1.21 bits per heavy atom. The molecule has 0 spiro atoms. The number of hydrogen-bond donors (Lipinski definition) is 1. The van der Waals surface area contributed by atoms with Crippen molar-refractivity contribution in [2.45, 2.75) is 25.2 Å². The lowest BCUT2D eigenvalue weighted by molar-refractivity contribution is -0.0605. The zero-order valence-electron chi connectivity index (χ0n) is 15.1. The predicted molar refractivity (Wildman–Crippen MR) is 100 cm³/mol. The quantitative estimate of drug-likeness (QED) is 0.716. The summed E-state index contributed by atoms with van der Waals surface area (Å²) in [6.45, 7) is 1.60. The van der Waals surface area contributed by atoms with Gasteiger partial charge in [-0.25, -0.2) is 14.6 Å². The van der Waals surface area contributed by atoms with Crippen molar-refractivity contribution in [1.82, 2.24) is 29.9 Å². The molecule has 0 radical (unpaired) electrons. The first-order chi connectivity index (χ1) is 13.7. The molecule has 2 aromatic heterocycles. The van der Waals surface area contributed by atoms with Crippen LogP contribution in [-0.2, 0) is 11.3 Å².